The van der Waals surface area contributed by atoms with Crippen LogP contribution in [0.15, 0.2) is 48.5 Å². The van der Waals surface area contributed by atoms with E-state index in [0.29, 0.717) is 11.1 Å². The molecular formula is C21H20N2O2. The van der Waals surface area contributed by atoms with E-state index in [0.717, 1.165) is 23.4 Å². The van der Waals surface area contributed by atoms with Gasteiger partial charge in [0, 0.05) is 28.4 Å². The molecule has 3 rings (SSSR count). The van der Waals surface area contributed by atoms with Gasteiger partial charge in [0.25, 0.3) is 0 Å². The molecular weight excluding hydrogens is 312 g/mol. The number of nitrogens with zero attached hydrogens (tertiary/aromatic N) is 1. The monoisotopic (exact) mass is 332 g/mol. The Labute approximate surface area is 147 Å². The Balaban J connectivity index is 2.01. The first kappa shape index (κ1) is 16.8. The average molecular weight is 332 g/mol. The second-order valence-corrected chi connectivity index (χ2v) is 6.82. The van der Waals surface area contributed by atoms with Gasteiger partial charge in [-0.2, -0.15) is 5.26 Å². The molecule has 0 unspecified atom stereocenters. The fourth-order valence-electron chi connectivity index (χ4n) is 3.08. The molecule has 0 amide bonds. The summed E-state index contributed by atoms with van der Waals surface area (Å²) >= 11 is 0. The standard InChI is InChI=1S/C21H20N2O2/c1-21(2)12-16-8-9-17(25-3)10-18(16)19(23-21)11-20(24)15-6-4-14(13-22)5-7-15/h4-11,23H,12H2,1-3H3/b19-11-. The number of fused-ring (bicyclic) bond motifs is 1. The summed E-state index contributed by atoms with van der Waals surface area (Å²) in [6.07, 6.45) is 2.50. The molecule has 0 radical (unpaired) electrons. The number of allylic oxidation sites excluding steroid dienone is 1. The normalized spacial score (nSPS) is 16.5. The molecule has 1 heterocycles. The largest absolute Gasteiger partial charge is 0.497 e. The lowest BCUT2D eigenvalue weighted by Gasteiger charge is -2.35. The summed E-state index contributed by atoms with van der Waals surface area (Å²) in [5.74, 6) is 0.662. The summed E-state index contributed by atoms with van der Waals surface area (Å²) in [6, 6.07) is 14.7. The second-order valence-electron chi connectivity index (χ2n) is 6.82. The molecule has 1 N–H and O–H groups in total. The van der Waals surface area contributed by atoms with Crippen LogP contribution in [0.1, 0.15) is 40.9 Å². The third-order valence-electron chi connectivity index (χ3n) is 4.29. The van der Waals surface area contributed by atoms with Gasteiger partial charge < -0.3 is 10.1 Å². The lowest BCUT2D eigenvalue weighted by Crippen LogP contribution is -2.43. The molecule has 0 bridgehead atoms. The first-order valence-corrected chi connectivity index (χ1v) is 8.13. The molecule has 0 atom stereocenters. The van der Waals surface area contributed by atoms with Gasteiger partial charge in [-0.1, -0.05) is 6.07 Å². The van der Waals surface area contributed by atoms with Gasteiger partial charge in [0.2, 0.25) is 0 Å². The second kappa shape index (κ2) is 6.45. The van der Waals surface area contributed by atoms with Crippen molar-refractivity contribution in [3.63, 3.8) is 0 Å². The Morgan fingerprint density at radius 3 is 2.60 bits per heavy atom. The number of rotatable bonds is 3. The molecule has 0 spiro atoms. The fraction of sp³-hybridized carbons (Fsp3) is 0.238. The molecule has 1 aliphatic rings. The van der Waals surface area contributed by atoms with E-state index >= 15 is 0 Å². The van der Waals surface area contributed by atoms with E-state index in [9.17, 15) is 4.79 Å². The highest BCUT2D eigenvalue weighted by Gasteiger charge is 2.28. The van der Waals surface area contributed by atoms with Crippen molar-refractivity contribution in [2.75, 3.05) is 7.11 Å². The van der Waals surface area contributed by atoms with E-state index in [1.165, 1.54) is 5.56 Å². The molecule has 0 aliphatic carbocycles. The Hall–Kier alpha value is -3.06. The van der Waals surface area contributed by atoms with Crippen LogP contribution in [0.4, 0.5) is 0 Å². The van der Waals surface area contributed by atoms with Gasteiger partial charge in [0.1, 0.15) is 5.75 Å². The maximum Gasteiger partial charge on any atom is 0.187 e. The van der Waals surface area contributed by atoms with Gasteiger partial charge in [-0.15, -0.1) is 0 Å². The van der Waals surface area contributed by atoms with Crippen molar-refractivity contribution in [3.05, 3.63) is 70.8 Å². The van der Waals surface area contributed by atoms with Crippen LogP contribution in [0.3, 0.4) is 0 Å². The number of nitriles is 1. The van der Waals surface area contributed by atoms with Crippen LogP contribution in [0, 0.1) is 11.3 Å². The highest BCUT2D eigenvalue weighted by atomic mass is 16.5. The first-order chi connectivity index (χ1) is 11.9. The third kappa shape index (κ3) is 3.56. The molecule has 1 aliphatic heterocycles. The zero-order valence-corrected chi connectivity index (χ0v) is 14.6. The van der Waals surface area contributed by atoms with Crippen molar-refractivity contribution in [3.8, 4) is 11.8 Å². The summed E-state index contributed by atoms with van der Waals surface area (Å²) in [5, 5.41) is 12.3. The van der Waals surface area contributed by atoms with E-state index in [4.69, 9.17) is 10.00 Å². The number of methoxy groups -OCH3 is 1. The van der Waals surface area contributed by atoms with Crippen LogP contribution in [0.25, 0.3) is 5.70 Å². The maximum absolute atomic E-state index is 12.7. The lowest BCUT2D eigenvalue weighted by molar-refractivity contribution is 0.104. The highest BCUT2D eigenvalue weighted by Crippen LogP contribution is 2.32. The molecule has 25 heavy (non-hydrogen) atoms. The Kier molecular flexibility index (Phi) is 4.33. The van der Waals surface area contributed by atoms with Gasteiger partial charge in [0.15, 0.2) is 5.78 Å². The summed E-state index contributed by atoms with van der Waals surface area (Å²) in [7, 11) is 1.63. The minimum atomic E-state index is -0.141. The topological polar surface area (TPSA) is 62.1 Å². The average Bonchev–Trinajstić information content (AvgIpc) is 2.60. The number of carbonyl (C=O) groups excluding carboxylic acids is 1. The fourth-order valence-corrected chi connectivity index (χ4v) is 3.08. The summed E-state index contributed by atoms with van der Waals surface area (Å²) in [5.41, 5.74) is 3.92. The zero-order valence-electron chi connectivity index (χ0n) is 14.6. The van der Waals surface area contributed by atoms with Crippen LogP contribution >= 0.6 is 0 Å². The third-order valence-corrected chi connectivity index (χ3v) is 4.29. The molecule has 4 heteroatoms. The number of hydrogen-bond acceptors (Lipinski definition) is 4. The smallest absolute Gasteiger partial charge is 0.187 e. The molecule has 0 saturated heterocycles. The predicted octanol–water partition coefficient (Wildman–Crippen LogP) is 3.71. The van der Waals surface area contributed by atoms with Crippen molar-refractivity contribution in [1.29, 1.82) is 5.26 Å². The van der Waals surface area contributed by atoms with Crippen LogP contribution in [0.2, 0.25) is 0 Å². The molecule has 4 nitrogen and oxygen atoms in total. The minimum absolute atomic E-state index is 0.0986. The van der Waals surface area contributed by atoms with Crippen LogP contribution < -0.4 is 10.1 Å². The predicted molar refractivity (Wildman–Crippen MR) is 97.4 cm³/mol. The molecule has 0 aromatic heterocycles. The first-order valence-electron chi connectivity index (χ1n) is 8.13. The van der Waals surface area contributed by atoms with E-state index in [1.807, 2.05) is 12.1 Å². The van der Waals surface area contributed by atoms with Gasteiger partial charge in [-0.25, -0.2) is 0 Å². The van der Waals surface area contributed by atoms with Gasteiger partial charge >= 0.3 is 0 Å². The van der Waals surface area contributed by atoms with Gasteiger partial charge in [-0.3, -0.25) is 4.79 Å². The van der Waals surface area contributed by atoms with E-state index in [-0.39, 0.29) is 11.3 Å². The van der Waals surface area contributed by atoms with E-state index < -0.39 is 0 Å². The molecule has 2 aromatic carbocycles. The van der Waals surface area contributed by atoms with Crippen molar-refractivity contribution in [2.45, 2.75) is 25.8 Å². The molecule has 126 valence electrons. The van der Waals surface area contributed by atoms with Gasteiger partial charge in [-0.05, 0) is 62.2 Å². The number of ketones is 1. The Morgan fingerprint density at radius 2 is 1.96 bits per heavy atom. The summed E-state index contributed by atoms with van der Waals surface area (Å²) < 4.78 is 5.33. The van der Waals surface area contributed by atoms with Crippen molar-refractivity contribution in [1.82, 2.24) is 5.32 Å². The molecule has 2 aromatic rings. The summed E-state index contributed by atoms with van der Waals surface area (Å²) in [6.45, 7) is 4.22. The maximum atomic E-state index is 12.7. The van der Waals surface area contributed by atoms with Crippen LogP contribution in [-0.4, -0.2) is 18.4 Å². The molecule has 0 saturated carbocycles. The number of carbonyl (C=O) groups is 1. The van der Waals surface area contributed by atoms with Crippen molar-refractivity contribution >= 4 is 11.5 Å². The number of hydrogen-bond donors (Lipinski definition) is 1. The minimum Gasteiger partial charge on any atom is -0.497 e. The quantitative estimate of drug-likeness (QED) is 0.687. The lowest BCUT2D eigenvalue weighted by atomic mass is 9.85. The van der Waals surface area contributed by atoms with E-state index in [1.54, 1.807) is 37.5 Å². The Bertz CT molecular complexity index is 887. The number of ether oxygens (including phenoxy) is 1. The highest BCUT2D eigenvalue weighted by molar-refractivity contribution is 6.08. The zero-order chi connectivity index (χ0) is 18.0. The van der Waals surface area contributed by atoms with Gasteiger partial charge in [0.05, 0.1) is 18.7 Å². The number of benzene rings is 2. The SMILES string of the molecule is COc1ccc2c(c1)/C(=C/C(=O)c1ccc(C#N)cc1)NC(C)(C)C2. The van der Waals surface area contributed by atoms with Crippen molar-refractivity contribution < 1.29 is 9.53 Å². The molecule has 0 fully saturated rings. The van der Waals surface area contributed by atoms with Crippen LogP contribution in [0.5, 0.6) is 5.75 Å². The van der Waals surface area contributed by atoms with Crippen LogP contribution in [-0.2, 0) is 6.42 Å². The Morgan fingerprint density at radius 1 is 1.24 bits per heavy atom. The number of nitrogens with one attached hydrogen (secondary N) is 1. The van der Waals surface area contributed by atoms with E-state index in [2.05, 4.69) is 31.3 Å². The summed E-state index contributed by atoms with van der Waals surface area (Å²) in [4.78, 5) is 12.7. The van der Waals surface area contributed by atoms with Crippen molar-refractivity contribution in [2.24, 2.45) is 0 Å².